The van der Waals surface area contributed by atoms with Crippen molar-refractivity contribution >= 4 is 17.3 Å². The van der Waals surface area contributed by atoms with Crippen LogP contribution in [0.15, 0.2) is 5.38 Å². The van der Waals surface area contributed by atoms with Crippen molar-refractivity contribution in [2.45, 2.75) is 0 Å². The van der Waals surface area contributed by atoms with Crippen molar-refractivity contribution in [1.82, 2.24) is 4.98 Å². The summed E-state index contributed by atoms with van der Waals surface area (Å²) in [7, 11) is 0. The molecule has 3 nitrogen and oxygen atoms in total. The van der Waals surface area contributed by atoms with Crippen molar-refractivity contribution in [3.05, 3.63) is 16.3 Å². The molecule has 0 saturated heterocycles. The van der Waals surface area contributed by atoms with Gasteiger partial charge in [-0.05, 0) is 0 Å². The molecule has 0 fully saturated rings. The Morgan fingerprint density at radius 3 is 2.78 bits per heavy atom. The Kier molecular flexibility index (Phi) is 1.44. The van der Waals surface area contributed by atoms with Gasteiger partial charge in [0.05, 0.1) is 0 Å². The molecule has 1 N–H and O–H groups in total. The molecule has 1 aromatic heterocycles. The van der Waals surface area contributed by atoms with Gasteiger partial charge < -0.3 is 5.11 Å². The summed E-state index contributed by atoms with van der Waals surface area (Å²) in [6, 6.07) is 0. The highest BCUT2D eigenvalue weighted by molar-refractivity contribution is 7.08. The number of halogens is 1. The van der Waals surface area contributed by atoms with E-state index in [4.69, 9.17) is 5.11 Å². The Labute approximate surface area is 53.8 Å². The first-order valence-electron chi connectivity index (χ1n) is 2.04. The number of carboxylic acid groups (broad SMARTS) is 1. The summed E-state index contributed by atoms with van der Waals surface area (Å²) in [6.45, 7) is 0. The van der Waals surface area contributed by atoms with E-state index in [1.54, 1.807) is 0 Å². The van der Waals surface area contributed by atoms with Crippen LogP contribution in [0.3, 0.4) is 0 Å². The Morgan fingerprint density at radius 1 is 1.89 bits per heavy atom. The first kappa shape index (κ1) is 6.15. The van der Waals surface area contributed by atoms with Crippen LogP contribution in [0.1, 0.15) is 10.5 Å². The van der Waals surface area contributed by atoms with Crippen LogP contribution in [-0.2, 0) is 0 Å². The summed E-state index contributed by atoms with van der Waals surface area (Å²) in [5.74, 6) is -1.20. The molecule has 0 aliphatic rings. The fraction of sp³-hybridized carbons (Fsp3) is 0. The molecule has 5 heteroatoms. The van der Waals surface area contributed by atoms with Crippen molar-refractivity contribution in [3.63, 3.8) is 0 Å². The number of nitrogens with zero attached hydrogens (tertiary/aromatic N) is 1. The highest BCUT2D eigenvalue weighted by Crippen LogP contribution is 2.06. The molecule has 0 aromatic carbocycles. The molecule has 0 spiro atoms. The summed E-state index contributed by atoms with van der Waals surface area (Å²) in [5, 5.41) is 8.61. The number of hydrogen-bond donors (Lipinski definition) is 1. The van der Waals surface area contributed by atoms with Crippen LogP contribution >= 0.6 is 11.3 Å². The lowest BCUT2D eigenvalue weighted by Gasteiger charge is -1.78. The molecule has 0 bridgehead atoms. The third-order valence-corrected chi connectivity index (χ3v) is 1.32. The Morgan fingerprint density at radius 2 is 2.56 bits per heavy atom. The number of aromatic carboxylic acids is 1. The second kappa shape index (κ2) is 2.10. The zero-order valence-corrected chi connectivity index (χ0v) is 4.98. The molecule has 0 atom stereocenters. The molecule has 9 heavy (non-hydrogen) atoms. The Hall–Kier alpha value is -0.970. The number of rotatable bonds is 1. The summed E-state index contributed by atoms with van der Waals surface area (Å²) >= 11 is 0.674. The highest BCUT2D eigenvalue weighted by Gasteiger charge is 2.06. The van der Waals surface area contributed by atoms with Crippen LogP contribution in [0.4, 0.5) is 4.39 Å². The van der Waals surface area contributed by atoms with Crippen LogP contribution in [0.2, 0.25) is 0 Å². The predicted molar refractivity (Wildman–Crippen MR) is 29.0 cm³/mol. The summed E-state index contributed by atoms with van der Waals surface area (Å²) in [4.78, 5) is 13.1. The van der Waals surface area contributed by atoms with E-state index in [-0.39, 0.29) is 5.69 Å². The van der Waals surface area contributed by atoms with E-state index in [1.807, 2.05) is 0 Å². The quantitative estimate of drug-likeness (QED) is 0.645. The first-order valence-corrected chi connectivity index (χ1v) is 2.92. The SMILES string of the molecule is O=C(O)c1cs[13c](F)n1. The lowest BCUT2D eigenvalue weighted by atomic mass is 10.5. The normalized spacial score (nSPS) is 9.44. The molecular weight excluding hydrogens is 146 g/mol. The molecule has 0 saturated carbocycles. The van der Waals surface area contributed by atoms with E-state index in [2.05, 4.69) is 4.98 Å². The van der Waals surface area contributed by atoms with Crippen molar-refractivity contribution < 1.29 is 14.3 Å². The van der Waals surface area contributed by atoms with Crippen molar-refractivity contribution in [1.29, 1.82) is 0 Å². The minimum absolute atomic E-state index is 0.238. The van der Waals surface area contributed by atoms with Crippen molar-refractivity contribution in [3.8, 4) is 0 Å². The van der Waals surface area contributed by atoms with Crippen LogP contribution in [0, 0.1) is 5.26 Å². The molecule has 0 aliphatic carbocycles. The molecule has 1 heterocycles. The Balaban J connectivity index is 2.98. The molecular formula is C4H2FNO2S. The number of aromatic nitrogens is 1. The third kappa shape index (κ3) is 1.23. The number of thiazole rings is 1. The van der Waals surface area contributed by atoms with Crippen LogP contribution in [-0.4, -0.2) is 16.1 Å². The average molecular weight is 148 g/mol. The highest BCUT2D eigenvalue weighted by atomic mass is 32.1. The van der Waals surface area contributed by atoms with Gasteiger partial charge in [-0.25, -0.2) is 9.78 Å². The lowest BCUT2D eigenvalue weighted by molar-refractivity contribution is 0.0690. The molecule has 0 unspecified atom stereocenters. The monoisotopic (exact) mass is 148 g/mol. The summed E-state index contributed by atoms with van der Waals surface area (Å²) < 4.78 is 11.9. The molecule has 0 radical (unpaired) electrons. The minimum atomic E-state index is -1.20. The van der Waals surface area contributed by atoms with E-state index < -0.39 is 11.2 Å². The van der Waals surface area contributed by atoms with Gasteiger partial charge in [-0.1, -0.05) is 11.3 Å². The lowest BCUT2D eigenvalue weighted by Crippen LogP contribution is -1.95. The summed E-state index contributed by atoms with van der Waals surface area (Å²) in [6.07, 6.45) is 0. The van der Waals surface area contributed by atoms with Crippen molar-refractivity contribution in [2.24, 2.45) is 0 Å². The van der Waals surface area contributed by atoms with Gasteiger partial charge in [-0.3, -0.25) is 0 Å². The fourth-order valence-corrected chi connectivity index (χ4v) is 0.864. The number of hydrogen-bond acceptors (Lipinski definition) is 3. The van der Waals surface area contributed by atoms with Gasteiger partial charge in [0, 0.05) is 5.38 Å². The topological polar surface area (TPSA) is 50.2 Å². The van der Waals surface area contributed by atoms with Gasteiger partial charge in [-0.2, -0.15) is 4.39 Å². The first-order chi connectivity index (χ1) is 4.20. The molecule has 48 valence electrons. The van der Waals surface area contributed by atoms with Crippen molar-refractivity contribution in [2.75, 3.05) is 0 Å². The smallest absolute Gasteiger partial charge is 0.355 e. The van der Waals surface area contributed by atoms with E-state index in [9.17, 15) is 9.18 Å². The fourth-order valence-electron chi connectivity index (χ4n) is 0.350. The zero-order valence-electron chi connectivity index (χ0n) is 4.17. The van der Waals surface area contributed by atoms with E-state index in [0.29, 0.717) is 11.3 Å². The van der Waals surface area contributed by atoms with Crippen LogP contribution < -0.4 is 0 Å². The zero-order chi connectivity index (χ0) is 6.85. The standard InChI is InChI=1S/C4H2FNO2S/c5-4-6-2(1-9-4)3(7)8/h1H,(H,7,8)/i4+1. The van der Waals surface area contributed by atoms with Gasteiger partial charge >= 0.3 is 5.97 Å². The number of carbonyl (C=O) groups is 1. The average Bonchev–Trinajstić information content (AvgIpc) is 2.14. The van der Waals surface area contributed by atoms with E-state index in [0.717, 1.165) is 5.38 Å². The maximum absolute atomic E-state index is 11.9. The minimum Gasteiger partial charge on any atom is -0.476 e. The third-order valence-electron chi connectivity index (χ3n) is 0.695. The second-order valence-electron chi connectivity index (χ2n) is 1.29. The molecule has 0 aliphatic heterocycles. The van der Waals surface area contributed by atoms with Crippen LogP contribution in [0.25, 0.3) is 0 Å². The largest absolute Gasteiger partial charge is 0.476 e. The summed E-state index contributed by atoms with van der Waals surface area (Å²) in [5.41, 5.74) is -0.238. The van der Waals surface area contributed by atoms with Gasteiger partial charge in [0.25, 0.3) is 5.26 Å². The van der Waals surface area contributed by atoms with Gasteiger partial charge in [-0.15, -0.1) is 0 Å². The van der Waals surface area contributed by atoms with Crippen LogP contribution in [0.5, 0.6) is 0 Å². The predicted octanol–water partition coefficient (Wildman–Crippen LogP) is 0.980. The number of carboxylic acids is 1. The molecule has 1 aromatic rings. The van der Waals surface area contributed by atoms with E-state index >= 15 is 0 Å². The van der Waals surface area contributed by atoms with Gasteiger partial charge in [0.2, 0.25) is 0 Å². The molecule has 1 rings (SSSR count). The maximum Gasteiger partial charge on any atom is 0.355 e. The van der Waals surface area contributed by atoms with Gasteiger partial charge in [0.15, 0.2) is 5.69 Å². The maximum atomic E-state index is 11.9. The molecule has 0 amide bonds. The van der Waals surface area contributed by atoms with E-state index in [1.165, 1.54) is 0 Å². The second-order valence-corrected chi connectivity index (χ2v) is 2.10. The van der Waals surface area contributed by atoms with Gasteiger partial charge in [0.1, 0.15) is 0 Å². The Bertz CT molecular complexity index is 234.